The quantitative estimate of drug-likeness (QED) is 0.404. The summed E-state index contributed by atoms with van der Waals surface area (Å²) in [7, 11) is 0. The number of anilines is 2. The van der Waals surface area contributed by atoms with Crippen LogP contribution in [0.3, 0.4) is 0 Å². The van der Waals surface area contributed by atoms with E-state index in [-0.39, 0.29) is 18.9 Å². The average molecular weight is 506 g/mol. The molecule has 0 radical (unpaired) electrons. The molecule has 8 nitrogen and oxygen atoms in total. The Labute approximate surface area is 205 Å². The van der Waals surface area contributed by atoms with Gasteiger partial charge >= 0.3 is 18.1 Å². The molecule has 1 fully saturated rings. The number of ether oxygens (including phenoxy) is 2. The van der Waals surface area contributed by atoms with Gasteiger partial charge < -0.3 is 19.7 Å². The van der Waals surface area contributed by atoms with Crippen molar-refractivity contribution in [1.29, 1.82) is 0 Å². The Bertz CT molecular complexity index is 1120. The molecule has 0 unspecified atom stereocenters. The van der Waals surface area contributed by atoms with Crippen LogP contribution in [0.4, 0.5) is 24.5 Å². The molecule has 0 spiro atoms. The number of unbranched alkanes of at least 4 members (excludes halogenated alkanes) is 1. The summed E-state index contributed by atoms with van der Waals surface area (Å²) >= 11 is 0. The average Bonchev–Trinajstić information content (AvgIpc) is 3.24. The van der Waals surface area contributed by atoms with Gasteiger partial charge in [-0.25, -0.2) is 4.79 Å². The molecule has 0 saturated carbocycles. The van der Waals surface area contributed by atoms with Gasteiger partial charge in [0.1, 0.15) is 0 Å². The lowest BCUT2D eigenvalue weighted by atomic mass is 10.1. The maximum absolute atomic E-state index is 13.1. The van der Waals surface area contributed by atoms with Gasteiger partial charge in [0.15, 0.2) is 6.61 Å². The van der Waals surface area contributed by atoms with Crippen molar-refractivity contribution in [3.63, 3.8) is 0 Å². The van der Waals surface area contributed by atoms with E-state index >= 15 is 0 Å². The Kier molecular flexibility index (Phi) is 8.68. The highest BCUT2D eigenvalue weighted by molar-refractivity contribution is 6.00. The van der Waals surface area contributed by atoms with E-state index in [1.807, 2.05) is 6.92 Å². The number of amides is 2. The van der Waals surface area contributed by atoms with Crippen LogP contribution in [0.1, 0.15) is 42.1 Å². The molecule has 1 atom stereocenters. The number of rotatable bonds is 9. The number of hydrogen-bond donors (Lipinski definition) is 1. The van der Waals surface area contributed by atoms with Crippen LogP contribution in [0.15, 0.2) is 48.5 Å². The highest BCUT2D eigenvalue weighted by atomic mass is 19.4. The normalized spacial score (nSPS) is 15.5. The van der Waals surface area contributed by atoms with Gasteiger partial charge in [0.05, 0.1) is 29.3 Å². The highest BCUT2D eigenvalue weighted by Crippen LogP contribution is 2.34. The Hall–Kier alpha value is -3.89. The number of benzene rings is 2. The molecule has 1 N–H and O–H groups in total. The summed E-state index contributed by atoms with van der Waals surface area (Å²) in [5.74, 6) is -3.44. The highest BCUT2D eigenvalue weighted by Gasteiger charge is 2.37. The number of alkyl halides is 3. The lowest BCUT2D eigenvalue weighted by Crippen LogP contribution is -2.28. The third-order valence-corrected chi connectivity index (χ3v) is 5.46. The van der Waals surface area contributed by atoms with Crippen molar-refractivity contribution in [1.82, 2.24) is 0 Å². The van der Waals surface area contributed by atoms with E-state index in [0.717, 1.165) is 25.0 Å². The number of carbonyl (C=O) groups excluding carboxylic acids is 4. The lowest BCUT2D eigenvalue weighted by molar-refractivity contribution is -0.151. The zero-order valence-corrected chi connectivity index (χ0v) is 19.5. The summed E-state index contributed by atoms with van der Waals surface area (Å²) in [5, 5.41) is 2.09. The predicted molar refractivity (Wildman–Crippen MR) is 123 cm³/mol. The first kappa shape index (κ1) is 26.7. The smallest absolute Gasteiger partial charge is 0.418 e. The van der Waals surface area contributed by atoms with E-state index in [1.165, 1.54) is 29.2 Å². The molecule has 11 heteroatoms. The number of hydrogen-bond acceptors (Lipinski definition) is 6. The van der Waals surface area contributed by atoms with Crippen LogP contribution in [0.2, 0.25) is 0 Å². The number of nitrogens with zero attached hydrogens (tertiary/aromatic N) is 1. The number of halogens is 3. The molecule has 3 rings (SSSR count). The molecule has 192 valence electrons. The second-order valence-electron chi connectivity index (χ2n) is 8.14. The number of para-hydroxylation sites is 1. The minimum atomic E-state index is -4.66. The first-order valence-electron chi connectivity index (χ1n) is 11.3. The molecule has 0 aromatic heterocycles. The van der Waals surface area contributed by atoms with Crippen molar-refractivity contribution in [2.24, 2.45) is 5.92 Å². The first-order valence-corrected chi connectivity index (χ1v) is 11.3. The largest absolute Gasteiger partial charge is 0.462 e. The van der Waals surface area contributed by atoms with Gasteiger partial charge in [0, 0.05) is 18.7 Å². The van der Waals surface area contributed by atoms with Crippen molar-refractivity contribution < 1.29 is 41.8 Å². The Morgan fingerprint density at radius 3 is 2.42 bits per heavy atom. The zero-order valence-electron chi connectivity index (χ0n) is 19.5. The Morgan fingerprint density at radius 1 is 1.06 bits per heavy atom. The molecule has 1 aliphatic rings. The maximum atomic E-state index is 13.1. The fraction of sp³-hybridized carbons (Fsp3) is 0.360. The molecule has 2 amide bonds. The molecule has 0 bridgehead atoms. The van der Waals surface area contributed by atoms with Crippen molar-refractivity contribution in [2.45, 2.75) is 32.4 Å². The minimum absolute atomic E-state index is 0.00349. The van der Waals surface area contributed by atoms with Crippen LogP contribution in [0.5, 0.6) is 0 Å². The van der Waals surface area contributed by atoms with Crippen molar-refractivity contribution in [3.8, 4) is 0 Å². The molecule has 1 saturated heterocycles. The SMILES string of the molecule is CCCCOC(=O)c1ccc(N2C[C@@H](C(=O)OCC(=O)Nc3ccccc3C(F)(F)F)CC2=O)cc1. The Balaban J connectivity index is 1.53. The summed E-state index contributed by atoms with van der Waals surface area (Å²) in [5.41, 5.74) is -0.676. The molecule has 36 heavy (non-hydrogen) atoms. The van der Waals surface area contributed by atoms with Crippen LogP contribution in [-0.4, -0.2) is 43.5 Å². The van der Waals surface area contributed by atoms with Crippen molar-refractivity contribution in [3.05, 3.63) is 59.7 Å². The van der Waals surface area contributed by atoms with Crippen LogP contribution in [0, 0.1) is 5.92 Å². The van der Waals surface area contributed by atoms with Crippen molar-refractivity contribution in [2.75, 3.05) is 30.0 Å². The van der Waals surface area contributed by atoms with E-state index < -0.39 is 47.8 Å². The fourth-order valence-electron chi connectivity index (χ4n) is 3.57. The molecular weight excluding hydrogens is 481 g/mol. The van der Waals surface area contributed by atoms with Crippen LogP contribution < -0.4 is 10.2 Å². The third kappa shape index (κ3) is 6.83. The van der Waals surface area contributed by atoms with Gasteiger partial charge in [-0.3, -0.25) is 14.4 Å². The summed E-state index contributed by atoms with van der Waals surface area (Å²) in [4.78, 5) is 50.3. The molecule has 1 aliphatic heterocycles. The zero-order chi connectivity index (χ0) is 26.3. The molecule has 2 aromatic rings. The van der Waals surface area contributed by atoms with Gasteiger partial charge in [-0.05, 0) is 42.8 Å². The third-order valence-electron chi connectivity index (χ3n) is 5.46. The fourth-order valence-corrected chi connectivity index (χ4v) is 3.57. The standard InChI is InChI=1S/C25H25F3N2O6/c1-2-3-12-35-23(33)16-8-10-18(11-9-16)30-14-17(13-22(30)32)24(34)36-15-21(31)29-20-7-5-4-6-19(20)25(26,27)28/h4-11,17H,2-3,12-15H2,1H3,(H,29,31)/t17-/m0/s1. The van der Waals surface area contributed by atoms with Crippen molar-refractivity contribution >= 4 is 35.1 Å². The van der Waals surface area contributed by atoms with Gasteiger partial charge in [-0.2, -0.15) is 13.2 Å². The van der Waals surface area contributed by atoms with E-state index in [9.17, 15) is 32.3 Å². The van der Waals surface area contributed by atoms with Gasteiger partial charge in [-0.15, -0.1) is 0 Å². The summed E-state index contributed by atoms with van der Waals surface area (Å²) in [6, 6.07) is 10.6. The lowest BCUT2D eigenvalue weighted by Gasteiger charge is -2.17. The molecular formula is C25H25F3N2O6. The summed E-state index contributed by atoms with van der Waals surface area (Å²) in [6.07, 6.45) is -3.17. The molecule has 2 aromatic carbocycles. The first-order chi connectivity index (χ1) is 17.1. The van der Waals surface area contributed by atoms with Crippen LogP contribution in [0.25, 0.3) is 0 Å². The topological polar surface area (TPSA) is 102 Å². The van der Waals surface area contributed by atoms with Crippen LogP contribution >= 0.6 is 0 Å². The Morgan fingerprint density at radius 2 is 1.75 bits per heavy atom. The van der Waals surface area contributed by atoms with Gasteiger partial charge in [0.25, 0.3) is 5.91 Å². The van der Waals surface area contributed by atoms with E-state index in [0.29, 0.717) is 17.9 Å². The number of carbonyl (C=O) groups is 4. The second-order valence-corrected chi connectivity index (χ2v) is 8.14. The maximum Gasteiger partial charge on any atom is 0.418 e. The summed E-state index contributed by atoms with van der Waals surface area (Å²) < 4.78 is 49.3. The molecule has 1 heterocycles. The second kappa shape index (κ2) is 11.7. The number of nitrogens with one attached hydrogen (secondary N) is 1. The van der Waals surface area contributed by atoms with E-state index in [4.69, 9.17) is 9.47 Å². The monoisotopic (exact) mass is 506 g/mol. The summed E-state index contributed by atoms with van der Waals surface area (Å²) in [6.45, 7) is 1.49. The molecule has 0 aliphatic carbocycles. The van der Waals surface area contributed by atoms with Gasteiger partial charge in [-0.1, -0.05) is 25.5 Å². The van der Waals surface area contributed by atoms with E-state index in [2.05, 4.69) is 5.32 Å². The van der Waals surface area contributed by atoms with Gasteiger partial charge in [0.2, 0.25) is 5.91 Å². The minimum Gasteiger partial charge on any atom is -0.462 e. The van der Waals surface area contributed by atoms with E-state index in [1.54, 1.807) is 12.1 Å². The predicted octanol–water partition coefficient (Wildman–Crippen LogP) is 4.20. The number of esters is 2. The van der Waals surface area contributed by atoms with Crippen LogP contribution in [-0.2, 0) is 30.0 Å².